The first-order chi connectivity index (χ1) is 9.13. The molecule has 3 aromatic rings. The van der Waals surface area contributed by atoms with Crippen molar-refractivity contribution < 1.29 is 9.90 Å². The summed E-state index contributed by atoms with van der Waals surface area (Å²) in [5.41, 5.74) is 2.18. The number of carbonyl (C=O) groups is 1. The zero-order valence-electron chi connectivity index (χ0n) is 10.3. The Morgan fingerprint density at radius 3 is 2.84 bits per heavy atom. The first-order valence-electron chi connectivity index (χ1n) is 5.83. The SMILES string of the molecule is Cc1ccc2sc(-c3cc(C(=O)O)ccn3)cc2c1. The molecule has 0 aliphatic heterocycles. The molecule has 0 bridgehead atoms. The minimum atomic E-state index is -0.930. The Hall–Kier alpha value is -2.20. The van der Waals surface area contributed by atoms with Crippen molar-refractivity contribution >= 4 is 27.4 Å². The zero-order chi connectivity index (χ0) is 13.4. The Labute approximate surface area is 114 Å². The van der Waals surface area contributed by atoms with Gasteiger partial charge in [0.2, 0.25) is 0 Å². The van der Waals surface area contributed by atoms with Gasteiger partial charge in [0.1, 0.15) is 0 Å². The number of nitrogens with zero attached hydrogens (tertiary/aromatic N) is 1. The van der Waals surface area contributed by atoms with Crippen LogP contribution >= 0.6 is 11.3 Å². The predicted molar refractivity (Wildman–Crippen MR) is 76.8 cm³/mol. The van der Waals surface area contributed by atoms with Crippen molar-refractivity contribution in [3.63, 3.8) is 0 Å². The molecule has 0 saturated heterocycles. The number of rotatable bonds is 2. The van der Waals surface area contributed by atoms with E-state index in [1.54, 1.807) is 17.4 Å². The largest absolute Gasteiger partial charge is 0.478 e. The van der Waals surface area contributed by atoms with Crippen molar-refractivity contribution in [2.24, 2.45) is 0 Å². The number of carboxylic acids is 1. The molecule has 0 fully saturated rings. The number of aromatic nitrogens is 1. The van der Waals surface area contributed by atoms with Crippen LogP contribution in [0.3, 0.4) is 0 Å². The van der Waals surface area contributed by atoms with Crippen molar-refractivity contribution in [1.82, 2.24) is 4.98 Å². The molecular weight excluding hydrogens is 258 g/mol. The smallest absolute Gasteiger partial charge is 0.335 e. The molecule has 3 rings (SSSR count). The lowest BCUT2D eigenvalue weighted by atomic mass is 10.1. The number of benzene rings is 1. The summed E-state index contributed by atoms with van der Waals surface area (Å²) in [6, 6.07) is 11.4. The number of hydrogen-bond acceptors (Lipinski definition) is 3. The second-order valence-corrected chi connectivity index (χ2v) is 5.47. The van der Waals surface area contributed by atoms with Gasteiger partial charge >= 0.3 is 5.97 Å². The van der Waals surface area contributed by atoms with Gasteiger partial charge in [-0.2, -0.15) is 0 Å². The van der Waals surface area contributed by atoms with Crippen LogP contribution in [0.5, 0.6) is 0 Å². The molecule has 2 heterocycles. The molecule has 0 saturated carbocycles. The molecule has 0 spiro atoms. The molecule has 0 amide bonds. The van der Waals surface area contributed by atoms with Gasteiger partial charge in [-0.25, -0.2) is 4.79 Å². The van der Waals surface area contributed by atoms with Crippen LogP contribution in [0, 0.1) is 6.92 Å². The van der Waals surface area contributed by atoms with E-state index in [4.69, 9.17) is 5.11 Å². The second-order valence-electron chi connectivity index (χ2n) is 4.39. The fraction of sp³-hybridized carbons (Fsp3) is 0.0667. The third-order valence-electron chi connectivity index (χ3n) is 2.93. The van der Waals surface area contributed by atoms with E-state index in [2.05, 4.69) is 36.2 Å². The maximum absolute atomic E-state index is 11.0. The summed E-state index contributed by atoms with van der Waals surface area (Å²) in [5.74, 6) is -0.930. The van der Waals surface area contributed by atoms with Gasteiger partial charge in [0, 0.05) is 10.9 Å². The molecule has 4 heteroatoms. The normalized spacial score (nSPS) is 10.8. The highest BCUT2D eigenvalue weighted by Gasteiger charge is 2.09. The summed E-state index contributed by atoms with van der Waals surface area (Å²) in [6.45, 7) is 2.06. The van der Waals surface area contributed by atoms with Gasteiger partial charge in [-0.05, 0) is 36.6 Å². The summed E-state index contributed by atoms with van der Waals surface area (Å²) in [5, 5.41) is 10.2. The highest BCUT2D eigenvalue weighted by atomic mass is 32.1. The van der Waals surface area contributed by atoms with E-state index in [1.807, 2.05) is 0 Å². The van der Waals surface area contributed by atoms with Gasteiger partial charge in [0.25, 0.3) is 0 Å². The molecular formula is C15H11NO2S. The molecule has 0 unspecified atom stereocenters. The van der Waals surface area contributed by atoms with Gasteiger partial charge in [-0.1, -0.05) is 17.7 Å². The van der Waals surface area contributed by atoms with E-state index < -0.39 is 5.97 Å². The Morgan fingerprint density at radius 2 is 2.05 bits per heavy atom. The van der Waals surface area contributed by atoms with Gasteiger partial charge < -0.3 is 5.11 Å². The predicted octanol–water partition coefficient (Wildman–Crippen LogP) is 3.97. The highest BCUT2D eigenvalue weighted by Crippen LogP contribution is 2.33. The Morgan fingerprint density at radius 1 is 1.21 bits per heavy atom. The van der Waals surface area contributed by atoms with E-state index in [9.17, 15) is 4.79 Å². The fourth-order valence-electron chi connectivity index (χ4n) is 1.99. The number of carboxylic acid groups (broad SMARTS) is 1. The van der Waals surface area contributed by atoms with Crippen LogP contribution in [0.15, 0.2) is 42.6 Å². The van der Waals surface area contributed by atoms with Crippen LogP contribution in [0.1, 0.15) is 15.9 Å². The molecule has 0 aliphatic carbocycles. The first-order valence-corrected chi connectivity index (χ1v) is 6.65. The van der Waals surface area contributed by atoms with Crippen LogP contribution in [-0.4, -0.2) is 16.1 Å². The maximum atomic E-state index is 11.0. The Balaban J connectivity index is 2.13. The lowest BCUT2D eigenvalue weighted by molar-refractivity contribution is 0.0697. The second kappa shape index (κ2) is 4.48. The maximum Gasteiger partial charge on any atom is 0.335 e. The van der Waals surface area contributed by atoms with Gasteiger partial charge in [0.05, 0.1) is 16.1 Å². The van der Waals surface area contributed by atoms with Crippen molar-refractivity contribution in [2.75, 3.05) is 0 Å². The molecule has 1 N–H and O–H groups in total. The highest BCUT2D eigenvalue weighted by molar-refractivity contribution is 7.22. The lowest BCUT2D eigenvalue weighted by Crippen LogP contribution is -1.96. The fourth-order valence-corrected chi connectivity index (χ4v) is 3.00. The average molecular weight is 269 g/mol. The quantitative estimate of drug-likeness (QED) is 0.765. The summed E-state index contributed by atoms with van der Waals surface area (Å²) < 4.78 is 1.18. The van der Waals surface area contributed by atoms with Crippen molar-refractivity contribution in [1.29, 1.82) is 0 Å². The molecule has 0 atom stereocenters. The molecule has 0 aliphatic rings. The van der Waals surface area contributed by atoms with Crippen LogP contribution in [0.2, 0.25) is 0 Å². The van der Waals surface area contributed by atoms with Gasteiger partial charge in [0.15, 0.2) is 0 Å². The molecule has 94 valence electrons. The van der Waals surface area contributed by atoms with Gasteiger partial charge in [-0.15, -0.1) is 11.3 Å². The number of aryl methyl sites for hydroxylation is 1. The number of hydrogen-bond donors (Lipinski definition) is 1. The van der Waals surface area contributed by atoms with Crippen LogP contribution in [0.25, 0.3) is 20.7 Å². The molecule has 19 heavy (non-hydrogen) atoms. The number of pyridine rings is 1. The van der Waals surface area contributed by atoms with Gasteiger partial charge in [-0.3, -0.25) is 4.98 Å². The average Bonchev–Trinajstić information content (AvgIpc) is 2.81. The number of fused-ring (bicyclic) bond motifs is 1. The minimum Gasteiger partial charge on any atom is -0.478 e. The van der Waals surface area contributed by atoms with Crippen molar-refractivity contribution in [3.8, 4) is 10.6 Å². The van der Waals surface area contributed by atoms with Crippen molar-refractivity contribution in [3.05, 3.63) is 53.7 Å². The molecule has 1 aromatic carbocycles. The lowest BCUT2D eigenvalue weighted by Gasteiger charge is -1.97. The topological polar surface area (TPSA) is 50.2 Å². The number of thiophene rings is 1. The Bertz CT molecular complexity index is 777. The third kappa shape index (κ3) is 2.22. The molecule has 0 radical (unpaired) electrons. The minimum absolute atomic E-state index is 0.263. The molecule has 3 nitrogen and oxygen atoms in total. The molecule has 2 aromatic heterocycles. The monoisotopic (exact) mass is 269 g/mol. The van der Waals surface area contributed by atoms with E-state index in [1.165, 1.54) is 27.9 Å². The van der Waals surface area contributed by atoms with Crippen LogP contribution in [-0.2, 0) is 0 Å². The van der Waals surface area contributed by atoms with E-state index in [-0.39, 0.29) is 5.56 Å². The van der Waals surface area contributed by atoms with Crippen LogP contribution in [0.4, 0.5) is 0 Å². The van der Waals surface area contributed by atoms with E-state index in [0.29, 0.717) is 5.69 Å². The summed E-state index contributed by atoms with van der Waals surface area (Å²) in [7, 11) is 0. The number of aromatic carboxylic acids is 1. The zero-order valence-corrected chi connectivity index (χ0v) is 11.1. The summed E-state index contributed by atoms with van der Waals surface area (Å²) in [6.07, 6.45) is 1.54. The standard InChI is InChI=1S/C15H11NO2S/c1-9-2-3-13-11(6-9)8-14(19-13)12-7-10(15(17)18)4-5-16-12/h2-8H,1H3,(H,17,18). The Kier molecular flexibility index (Phi) is 2.80. The van der Waals surface area contributed by atoms with Crippen LogP contribution < -0.4 is 0 Å². The first kappa shape index (κ1) is 11.9. The van der Waals surface area contributed by atoms with E-state index in [0.717, 1.165) is 4.88 Å². The summed E-state index contributed by atoms with van der Waals surface area (Å²) >= 11 is 1.62. The summed E-state index contributed by atoms with van der Waals surface area (Å²) in [4.78, 5) is 16.2. The van der Waals surface area contributed by atoms with E-state index >= 15 is 0 Å². The van der Waals surface area contributed by atoms with Crippen molar-refractivity contribution in [2.45, 2.75) is 6.92 Å². The third-order valence-corrected chi connectivity index (χ3v) is 4.07.